The second-order valence-electron chi connectivity index (χ2n) is 4.35. The van der Waals surface area contributed by atoms with Gasteiger partial charge in [-0.2, -0.15) is 13.2 Å². The first-order chi connectivity index (χ1) is 9.64. The van der Waals surface area contributed by atoms with E-state index in [1.54, 1.807) is 0 Å². The summed E-state index contributed by atoms with van der Waals surface area (Å²) >= 11 is 2.94. The number of sulfonamides is 1. The van der Waals surface area contributed by atoms with E-state index in [1.807, 2.05) is 6.92 Å². The molecule has 0 atom stereocenters. The maximum Gasteiger partial charge on any atom is 0.416 e. The molecule has 0 fully saturated rings. The van der Waals surface area contributed by atoms with Crippen LogP contribution in [0.3, 0.4) is 0 Å². The molecule has 0 radical (unpaired) electrons. The lowest BCUT2D eigenvalue weighted by molar-refractivity contribution is -0.137. The molecule has 2 N–H and O–H groups in total. The van der Waals surface area contributed by atoms with Gasteiger partial charge in [0.2, 0.25) is 10.0 Å². The minimum Gasteiger partial charge on any atom is -0.317 e. The molecule has 21 heavy (non-hydrogen) atoms. The molecule has 120 valence electrons. The summed E-state index contributed by atoms with van der Waals surface area (Å²) in [5.41, 5.74) is -1.03. The van der Waals surface area contributed by atoms with Crippen molar-refractivity contribution in [3.8, 4) is 0 Å². The van der Waals surface area contributed by atoms with Gasteiger partial charge < -0.3 is 5.32 Å². The highest BCUT2D eigenvalue weighted by atomic mass is 79.9. The Bertz CT molecular complexity index is 576. The van der Waals surface area contributed by atoms with Crippen molar-refractivity contribution in [2.75, 3.05) is 23.6 Å². The van der Waals surface area contributed by atoms with Gasteiger partial charge in [0, 0.05) is 4.47 Å². The molecule has 0 bridgehead atoms. The molecule has 1 rings (SSSR count). The molecule has 0 aliphatic carbocycles. The first kappa shape index (κ1) is 18.2. The minimum atomic E-state index is -4.53. The third kappa shape index (κ3) is 6.66. The molecular weight excluding hydrogens is 373 g/mol. The number of nitrogens with one attached hydrogen (secondary N) is 2. The van der Waals surface area contributed by atoms with E-state index in [-0.39, 0.29) is 15.9 Å². The van der Waals surface area contributed by atoms with E-state index in [0.717, 1.165) is 18.7 Å². The Balaban J connectivity index is 2.80. The average molecular weight is 389 g/mol. The van der Waals surface area contributed by atoms with Gasteiger partial charge in [-0.1, -0.05) is 22.9 Å². The van der Waals surface area contributed by atoms with Crippen LogP contribution in [0, 0.1) is 0 Å². The predicted octanol–water partition coefficient (Wildman–Crippen LogP) is 3.21. The van der Waals surface area contributed by atoms with Crippen LogP contribution in [0.5, 0.6) is 0 Å². The predicted molar refractivity (Wildman–Crippen MR) is 79.7 cm³/mol. The molecule has 0 aliphatic rings. The van der Waals surface area contributed by atoms with E-state index >= 15 is 0 Å². The van der Waals surface area contributed by atoms with Crippen LogP contribution in [0.2, 0.25) is 0 Å². The van der Waals surface area contributed by atoms with Gasteiger partial charge in [0.05, 0.1) is 17.0 Å². The quantitative estimate of drug-likeness (QED) is 0.705. The molecule has 9 heteroatoms. The van der Waals surface area contributed by atoms with Crippen LogP contribution in [0.25, 0.3) is 0 Å². The first-order valence-electron chi connectivity index (χ1n) is 6.23. The second kappa shape index (κ2) is 7.46. The Hall–Kier alpha value is -0.800. The standard InChI is InChI=1S/C12H16BrF3N2O2S/c1-2-17-4-3-5-21(19,20)18-11-7-9(12(14,15)16)6-10(13)8-11/h6-8,17-18H,2-5H2,1H3. The van der Waals surface area contributed by atoms with E-state index in [1.165, 1.54) is 6.07 Å². The number of rotatable bonds is 7. The molecule has 0 spiro atoms. The van der Waals surface area contributed by atoms with Crippen LogP contribution in [-0.4, -0.2) is 27.3 Å². The highest BCUT2D eigenvalue weighted by Crippen LogP contribution is 2.33. The summed E-state index contributed by atoms with van der Waals surface area (Å²) in [6, 6.07) is 2.95. The van der Waals surface area contributed by atoms with Gasteiger partial charge in [0.15, 0.2) is 0 Å². The fraction of sp³-hybridized carbons (Fsp3) is 0.500. The lowest BCUT2D eigenvalue weighted by atomic mass is 10.2. The third-order valence-corrected chi connectivity index (χ3v) is 4.35. The molecule has 0 saturated heterocycles. The van der Waals surface area contributed by atoms with Crippen LogP contribution in [0.1, 0.15) is 18.9 Å². The fourth-order valence-corrected chi connectivity index (χ4v) is 3.20. The van der Waals surface area contributed by atoms with Crippen molar-refractivity contribution in [3.05, 3.63) is 28.2 Å². The molecule has 1 aromatic rings. The number of hydrogen-bond acceptors (Lipinski definition) is 3. The number of benzene rings is 1. The maximum atomic E-state index is 12.7. The normalized spacial score (nSPS) is 12.4. The Morgan fingerprint density at radius 3 is 2.48 bits per heavy atom. The van der Waals surface area contributed by atoms with E-state index in [0.29, 0.717) is 13.0 Å². The molecule has 0 heterocycles. The zero-order chi connectivity index (χ0) is 16.1. The van der Waals surface area contributed by atoms with E-state index in [2.05, 4.69) is 26.0 Å². The summed E-state index contributed by atoms with van der Waals surface area (Å²) < 4.78 is 63.9. The van der Waals surface area contributed by atoms with Crippen molar-refractivity contribution < 1.29 is 21.6 Å². The summed E-state index contributed by atoms with van der Waals surface area (Å²) in [7, 11) is -3.67. The molecule has 0 saturated carbocycles. The largest absolute Gasteiger partial charge is 0.416 e. The van der Waals surface area contributed by atoms with Crippen LogP contribution in [-0.2, 0) is 16.2 Å². The molecule has 0 unspecified atom stereocenters. The molecule has 4 nitrogen and oxygen atoms in total. The van der Waals surface area contributed by atoms with E-state index < -0.39 is 21.8 Å². The third-order valence-electron chi connectivity index (χ3n) is 2.52. The average Bonchev–Trinajstić information content (AvgIpc) is 2.32. The van der Waals surface area contributed by atoms with Gasteiger partial charge in [-0.25, -0.2) is 8.42 Å². The van der Waals surface area contributed by atoms with Crippen molar-refractivity contribution in [2.24, 2.45) is 0 Å². The summed E-state index contributed by atoms with van der Waals surface area (Å²) in [6.45, 7) is 3.16. The van der Waals surface area contributed by atoms with Crippen LogP contribution in [0.15, 0.2) is 22.7 Å². The Morgan fingerprint density at radius 2 is 1.90 bits per heavy atom. The number of anilines is 1. The monoisotopic (exact) mass is 388 g/mol. The lowest BCUT2D eigenvalue weighted by Crippen LogP contribution is -2.22. The zero-order valence-corrected chi connectivity index (χ0v) is 13.7. The number of halogens is 4. The molecule has 0 amide bonds. The highest BCUT2D eigenvalue weighted by molar-refractivity contribution is 9.10. The number of alkyl halides is 3. The van der Waals surface area contributed by atoms with Crippen LogP contribution in [0.4, 0.5) is 18.9 Å². The van der Waals surface area contributed by atoms with Gasteiger partial charge in [0.1, 0.15) is 0 Å². The van der Waals surface area contributed by atoms with Crippen molar-refractivity contribution >= 4 is 31.6 Å². The molecule has 0 aliphatic heterocycles. The highest BCUT2D eigenvalue weighted by Gasteiger charge is 2.31. The van der Waals surface area contributed by atoms with E-state index in [4.69, 9.17) is 0 Å². The van der Waals surface area contributed by atoms with Gasteiger partial charge in [-0.3, -0.25) is 4.72 Å². The van der Waals surface area contributed by atoms with Gasteiger partial charge in [-0.05, 0) is 37.7 Å². The molecular formula is C12H16BrF3N2O2S. The SMILES string of the molecule is CCNCCCS(=O)(=O)Nc1cc(Br)cc(C(F)(F)F)c1. The number of hydrogen-bond donors (Lipinski definition) is 2. The van der Waals surface area contributed by atoms with Crippen LogP contribution >= 0.6 is 15.9 Å². The van der Waals surface area contributed by atoms with Crippen molar-refractivity contribution in [1.82, 2.24) is 5.32 Å². The Kier molecular flexibility index (Phi) is 6.48. The van der Waals surface area contributed by atoms with Gasteiger partial charge in [-0.15, -0.1) is 0 Å². The topological polar surface area (TPSA) is 58.2 Å². The van der Waals surface area contributed by atoms with Gasteiger partial charge >= 0.3 is 6.18 Å². The van der Waals surface area contributed by atoms with Crippen LogP contribution < -0.4 is 10.0 Å². The minimum absolute atomic E-state index is 0.111. The Labute approximate surface area is 130 Å². The fourth-order valence-electron chi connectivity index (χ4n) is 1.61. The smallest absolute Gasteiger partial charge is 0.317 e. The molecule has 1 aromatic carbocycles. The van der Waals surface area contributed by atoms with Crippen molar-refractivity contribution in [2.45, 2.75) is 19.5 Å². The van der Waals surface area contributed by atoms with Crippen molar-refractivity contribution in [1.29, 1.82) is 0 Å². The van der Waals surface area contributed by atoms with E-state index in [9.17, 15) is 21.6 Å². The van der Waals surface area contributed by atoms with Crippen molar-refractivity contribution in [3.63, 3.8) is 0 Å². The molecule has 0 aromatic heterocycles. The summed E-state index contributed by atoms with van der Waals surface area (Å²) in [5.74, 6) is -0.159. The summed E-state index contributed by atoms with van der Waals surface area (Å²) in [6.07, 6.45) is -4.15. The lowest BCUT2D eigenvalue weighted by Gasteiger charge is -2.12. The van der Waals surface area contributed by atoms with Gasteiger partial charge in [0.25, 0.3) is 0 Å². The summed E-state index contributed by atoms with van der Waals surface area (Å²) in [5, 5.41) is 2.97. The zero-order valence-electron chi connectivity index (χ0n) is 11.3. The summed E-state index contributed by atoms with van der Waals surface area (Å²) in [4.78, 5) is 0. The second-order valence-corrected chi connectivity index (χ2v) is 7.11. The maximum absolute atomic E-state index is 12.7. The Morgan fingerprint density at radius 1 is 1.24 bits per heavy atom. The first-order valence-corrected chi connectivity index (χ1v) is 8.67.